The summed E-state index contributed by atoms with van der Waals surface area (Å²) in [5, 5.41) is 10.1. The lowest BCUT2D eigenvalue weighted by atomic mass is 9.85. The van der Waals surface area contributed by atoms with Gasteiger partial charge in [-0.05, 0) is 96.3 Å². The van der Waals surface area contributed by atoms with Gasteiger partial charge in [-0.2, -0.15) is 0 Å². The molecule has 3 N–H and O–H groups in total. The average molecular weight is 921 g/mol. The van der Waals surface area contributed by atoms with Gasteiger partial charge >= 0.3 is 6.09 Å². The Morgan fingerprint density at radius 2 is 1.81 bits per heavy atom. The predicted octanol–water partition coefficient (Wildman–Crippen LogP) is 7.18. The first-order chi connectivity index (χ1) is 30.0. The number of rotatable bonds is 9. The number of carbonyl (C=O) groups excluding carboxylic acids is 4. The summed E-state index contributed by atoms with van der Waals surface area (Å²) in [4.78, 5) is 68.7. The van der Waals surface area contributed by atoms with Crippen molar-refractivity contribution in [2.75, 3.05) is 13.7 Å². The summed E-state index contributed by atoms with van der Waals surface area (Å²) >= 11 is 1.52. The highest BCUT2D eigenvalue weighted by Gasteiger charge is 2.63. The molecular weight excluding hydrogens is 857 g/mol. The Hall–Kier alpha value is -4.77. The molecule has 2 aromatic heterocycles. The molecule has 0 spiro atoms. The van der Waals surface area contributed by atoms with E-state index in [-0.39, 0.29) is 42.5 Å². The van der Waals surface area contributed by atoms with Gasteiger partial charge in [0.25, 0.3) is 5.91 Å². The van der Waals surface area contributed by atoms with Crippen LogP contribution in [-0.2, 0) is 34.6 Å². The molecule has 7 atom stereocenters. The lowest BCUT2D eigenvalue weighted by Crippen LogP contribution is -2.59. The Kier molecular flexibility index (Phi) is 12.9. The fourth-order valence-corrected chi connectivity index (χ4v) is 11.1. The molecule has 2 saturated carbocycles. The maximum atomic E-state index is 15.2. The van der Waals surface area contributed by atoms with Crippen LogP contribution >= 0.6 is 11.3 Å². The monoisotopic (exact) mass is 920 g/mol. The molecule has 3 fully saturated rings. The van der Waals surface area contributed by atoms with E-state index in [9.17, 15) is 22.8 Å². The number of benzene rings is 1. The molecule has 4 heterocycles. The Balaban J connectivity index is 1.26. The molecule has 0 radical (unpaired) electrons. The number of amides is 4. The van der Waals surface area contributed by atoms with Gasteiger partial charge in [0.05, 0.1) is 24.1 Å². The molecule has 2 aliphatic carbocycles. The van der Waals surface area contributed by atoms with Crippen LogP contribution < -0.4 is 24.8 Å². The Morgan fingerprint density at radius 3 is 2.45 bits per heavy atom. The van der Waals surface area contributed by atoms with Gasteiger partial charge in [0.15, 0.2) is 0 Å². The van der Waals surface area contributed by atoms with E-state index < -0.39 is 73.8 Å². The number of carbonyl (C=O) groups is 4. The van der Waals surface area contributed by atoms with Crippen LogP contribution in [0.3, 0.4) is 0 Å². The van der Waals surface area contributed by atoms with Crippen molar-refractivity contribution in [2.45, 2.75) is 153 Å². The first kappa shape index (κ1) is 47.2. The maximum Gasteiger partial charge on any atom is 0.408 e. The number of ether oxygens (including phenoxy) is 3. The predicted molar refractivity (Wildman–Crippen MR) is 245 cm³/mol. The van der Waals surface area contributed by atoms with Crippen LogP contribution in [-0.4, -0.2) is 94.8 Å². The quantitative estimate of drug-likeness (QED) is 0.184. The number of hydrogen-bond donors (Lipinski definition) is 3. The van der Waals surface area contributed by atoms with E-state index in [1.807, 2.05) is 42.7 Å². The number of allylic oxidation sites excluding steroid dienone is 1. The molecule has 1 unspecified atom stereocenters. The van der Waals surface area contributed by atoms with Gasteiger partial charge in [-0.1, -0.05) is 53.2 Å². The van der Waals surface area contributed by atoms with Crippen molar-refractivity contribution in [3.8, 4) is 22.2 Å². The molecule has 0 bridgehead atoms. The topological polar surface area (TPSA) is 195 Å². The summed E-state index contributed by atoms with van der Waals surface area (Å²) < 4.78 is 45.9. The molecule has 4 amide bonds. The number of alkyl carbamates (subject to hydrolysis) is 1. The number of thiazole rings is 1. The number of aromatic nitrogens is 2. The first-order valence-electron chi connectivity index (χ1n) is 22.4. The third-order valence-electron chi connectivity index (χ3n) is 13.1. The van der Waals surface area contributed by atoms with E-state index in [4.69, 9.17) is 24.2 Å². The molecule has 2 aliphatic heterocycles. The van der Waals surface area contributed by atoms with E-state index in [0.29, 0.717) is 43.2 Å². The minimum absolute atomic E-state index is 0.0149. The fourth-order valence-electron chi connectivity index (χ4n) is 8.74. The average Bonchev–Trinajstić information content (AvgIpc) is 3.99. The summed E-state index contributed by atoms with van der Waals surface area (Å²) in [6.45, 7) is 17.2. The van der Waals surface area contributed by atoms with E-state index in [2.05, 4.69) is 43.1 Å². The van der Waals surface area contributed by atoms with Gasteiger partial charge in [0.1, 0.15) is 40.1 Å². The molecule has 348 valence electrons. The van der Waals surface area contributed by atoms with Crippen LogP contribution in [0.1, 0.15) is 119 Å². The molecule has 1 saturated heterocycles. The zero-order chi connectivity index (χ0) is 46.6. The van der Waals surface area contributed by atoms with Gasteiger partial charge in [-0.3, -0.25) is 19.1 Å². The fraction of sp³-hybridized carbons (Fsp3) is 0.617. The molecule has 64 heavy (non-hydrogen) atoms. The van der Waals surface area contributed by atoms with Crippen LogP contribution in [0.4, 0.5) is 4.79 Å². The number of pyridine rings is 1. The van der Waals surface area contributed by atoms with Gasteiger partial charge in [0, 0.05) is 45.7 Å². The van der Waals surface area contributed by atoms with Crippen molar-refractivity contribution in [3.63, 3.8) is 0 Å². The van der Waals surface area contributed by atoms with Gasteiger partial charge < -0.3 is 29.7 Å². The van der Waals surface area contributed by atoms with Gasteiger partial charge in [-0.25, -0.2) is 23.2 Å². The molecule has 15 nitrogen and oxygen atoms in total. The minimum Gasteiger partial charge on any atom is -0.497 e. The van der Waals surface area contributed by atoms with Crippen molar-refractivity contribution >= 4 is 55.9 Å². The zero-order valence-corrected chi connectivity index (χ0v) is 40.3. The number of nitrogens with one attached hydrogen (secondary N) is 3. The van der Waals surface area contributed by atoms with Gasteiger partial charge in [-0.15, -0.1) is 11.3 Å². The van der Waals surface area contributed by atoms with Crippen molar-refractivity contribution < 1.29 is 41.8 Å². The maximum absolute atomic E-state index is 15.2. The highest BCUT2D eigenvalue weighted by molar-refractivity contribution is 7.91. The smallest absolute Gasteiger partial charge is 0.408 e. The molecule has 1 aromatic carbocycles. The van der Waals surface area contributed by atoms with Crippen LogP contribution in [0.15, 0.2) is 41.9 Å². The van der Waals surface area contributed by atoms with Gasteiger partial charge in [0.2, 0.25) is 27.7 Å². The molecule has 4 aliphatic rings. The molecule has 7 rings (SSSR count). The number of nitrogens with zero attached hydrogens (tertiary/aromatic N) is 3. The standard InChI is InChI=1S/C47H64N6O9S2/c1-11-28-20-27(2)14-12-13-15-29-23-47(29,42(56)52-64(58,59)46(9)18-19-46)51-38(54)35-22-31(25-53(35)41(55)37(28)50-43(57)62-45(6,7)8)61-39-32-17-16-30(60-10)21-33(32)34(24-48-39)40-49-36(26-63-40)44(3,4)5/h13,15-17,21,24,26-29,31,35,37H,11-12,14,18-20,22-23,25H2,1-10H3,(H,50,57)(H,51,54)(H,52,56)/b15-13-/t27-,28-,29?,31-,35+,37+,47-/m1/s1. The first-order valence-corrected chi connectivity index (χ1v) is 24.8. The van der Waals surface area contributed by atoms with Crippen molar-refractivity contribution in [1.29, 1.82) is 0 Å². The minimum atomic E-state index is -4.03. The highest BCUT2D eigenvalue weighted by atomic mass is 32.2. The zero-order valence-electron chi connectivity index (χ0n) is 38.7. The molecular formula is C47H64N6O9S2. The van der Waals surface area contributed by atoms with Crippen molar-refractivity contribution in [1.82, 2.24) is 30.2 Å². The normalized spacial score (nSPS) is 27.8. The Bertz CT molecular complexity index is 2430. The van der Waals surface area contributed by atoms with Crippen molar-refractivity contribution in [3.05, 3.63) is 47.6 Å². The molecule has 17 heteroatoms. The summed E-state index contributed by atoms with van der Waals surface area (Å²) in [6, 6.07) is 3.35. The molecule has 3 aromatic rings. The summed E-state index contributed by atoms with van der Waals surface area (Å²) in [6.07, 6.45) is 7.70. The lowest BCUT2D eigenvalue weighted by molar-refractivity contribution is -0.142. The number of methoxy groups -OCH3 is 1. The summed E-state index contributed by atoms with van der Waals surface area (Å²) in [5.74, 6) is -1.67. The van der Waals surface area contributed by atoms with Crippen LogP contribution in [0.5, 0.6) is 11.6 Å². The van der Waals surface area contributed by atoms with Crippen LogP contribution in [0.2, 0.25) is 0 Å². The van der Waals surface area contributed by atoms with Crippen molar-refractivity contribution in [2.24, 2.45) is 17.8 Å². The van der Waals surface area contributed by atoms with E-state index >= 15 is 4.79 Å². The third kappa shape index (κ3) is 9.89. The third-order valence-corrected chi connectivity index (χ3v) is 16.2. The largest absolute Gasteiger partial charge is 0.497 e. The van der Waals surface area contributed by atoms with Crippen LogP contribution in [0.25, 0.3) is 21.3 Å². The Morgan fingerprint density at radius 1 is 1.08 bits per heavy atom. The second kappa shape index (κ2) is 17.6. The van der Waals surface area contributed by atoms with E-state index in [0.717, 1.165) is 28.1 Å². The second-order valence-electron chi connectivity index (χ2n) is 20.5. The number of hydrogen-bond acceptors (Lipinski definition) is 12. The highest BCUT2D eigenvalue weighted by Crippen LogP contribution is 2.48. The van der Waals surface area contributed by atoms with E-state index in [1.165, 1.54) is 16.2 Å². The Labute approximate surface area is 380 Å². The second-order valence-corrected chi connectivity index (χ2v) is 23.5. The number of sulfonamides is 1. The summed E-state index contributed by atoms with van der Waals surface area (Å²) in [7, 11) is -2.43. The van der Waals surface area contributed by atoms with Crippen LogP contribution in [0, 0.1) is 17.8 Å². The SMILES string of the molecule is CC[C@@H]1C[C@H](C)CC/C=C\C2C[C@@]2(C(=O)NS(=O)(=O)C2(C)CC2)NC(=O)[C@@H]2C[C@@H](Oc3ncc(-c4nc(C(C)(C)C)cs4)c4cc(OC)ccc34)CN2C(=O)[C@H]1NC(=O)OC(C)(C)C. The van der Waals surface area contributed by atoms with E-state index in [1.54, 1.807) is 41.0 Å². The number of fused-ring (bicyclic) bond motifs is 3. The summed E-state index contributed by atoms with van der Waals surface area (Å²) in [5.41, 5.74) is -0.812. The lowest BCUT2D eigenvalue weighted by Gasteiger charge is -2.34.